The Morgan fingerprint density at radius 3 is 2.37 bits per heavy atom. The number of hydrogen-bond donors (Lipinski definition) is 2. The Bertz CT molecular complexity index is 474. The molecule has 0 spiro atoms. The van der Waals surface area contributed by atoms with Crippen molar-refractivity contribution in [3.05, 3.63) is 29.8 Å². The second-order valence-corrected chi connectivity index (χ2v) is 5.57. The van der Waals surface area contributed by atoms with Crippen molar-refractivity contribution in [1.29, 1.82) is 5.26 Å². The zero-order valence-electron chi connectivity index (χ0n) is 11.8. The maximum absolute atomic E-state index is 10.2. The molecule has 4 nitrogen and oxygen atoms in total. The molecule has 2 N–H and O–H groups in total. The van der Waals surface area contributed by atoms with Crippen LogP contribution in [0.1, 0.15) is 33.3 Å². The van der Waals surface area contributed by atoms with Gasteiger partial charge in [-0.25, -0.2) is 0 Å². The van der Waals surface area contributed by atoms with Gasteiger partial charge in [-0.05, 0) is 38.7 Å². The van der Waals surface area contributed by atoms with Gasteiger partial charge in [-0.2, -0.15) is 5.26 Å². The number of aliphatic hydroxyl groups is 1. The molecule has 0 aliphatic carbocycles. The average Bonchev–Trinajstić information content (AvgIpc) is 2.28. The maximum atomic E-state index is 10.2. The van der Waals surface area contributed by atoms with Crippen molar-refractivity contribution in [1.82, 2.24) is 0 Å². The van der Waals surface area contributed by atoms with E-state index in [0.29, 0.717) is 5.46 Å². The molecule has 19 heavy (non-hydrogen) atoms. The topological polar surface area (TPSA) is 73.5 Å². The smallest absolute Gasteiger partial charge is 0.423 e. The van der Waals surface area contributed by atoms with Crippen molar-refractivity contribution in [2.75, 3.05) is 0 Å². The summed E-state index contributed by atoms with van der Waals surface area (Å²) in [5, 5.41) is 29.0. The van der Waals surface area contributed by atoms with Crippen LogP contribution in [-0.2, 0) is 11.1 Å². The molecule has 0 unspecified atom stereocenters. The summed E-state index contributed by atoms with van der Waals surface area (Å²) in [5.41, 5.74) is -0.741. The SMILES string of the molecule is CC(C)(O)C(C)(C)OB(O)c1ccccc1CC#N. The van der Waals surface area contributed by atoms with E-state index in [1.54, 1.807) is 45.9 Å². The summed E-state index contributed by atoms with van der Waals surface area (Å²) in [6.07, 6.45) is 0.208. The first-order valence-corrected chi connectivity index (χ1v) is 6.22. The molecule has 0 saturated heterocycles. The Kier molecular flexibility index (Phi) is 4.75. The monoisotopic (exact) mass is 261 g/mol. The van der Waals surface area contributed by atoms with Crippen LogP contribution in [0.15, 0.2) is 24.3 Å². The first-order valence-electron chi connectivity index (χ1n) is 6.22. The van der Waals surface area contributed by atoms with Crippen LogP contribution in [0.2, 0.25) is 0 Å². The van der Waals surface area contributed by atoms with Crippen LogP contribution in [0.25, 0.3) is 0 Å². The molecular formula is C14H20BNO3. The minimum absolute atomic E-state index is 0.208. The third-order valence-electron chi connectivity index (χ3n) is 3.47. The highest BCUT2D eigenvalue weighted by Gasteiger charge is 2.39. The summed E-state index contributed by atoms with van der Waals surface area (Å²) in [7, 11) is -1.18. The van der Waals surface area contributed by atoms with E-state index in [4.69, 9.17) is 9.92 Å². The zero-order valence-corrected chi connectivity index (χ0v) is 11.8. The first-order chi connectivity index (χ1) is 8.69. The highest BCUT2D eigenvalue weighted by Crippen LogP contribution is 2.25. The van der Waals surface area contributed by atoms with E-state index < -0.39 is 18.3 Å². The van der Waals surface area contributed by atoms with Gasteiger partial charge in [0, 0.05) is 0 Å². The molecule has 0 saturated carbocycles. The van der Waals surface area contributed by atoms with Crippen LogP contribution in [0.4, 0.5) is 0 Å². The Balaban J connectivity index is 2.96. The van der Waals surface area contributed by atoms with Crippen molar-refractivity contribution in [3.8, 4) is 6.07 Å². The fourth-order valence-corrected chi connectivity index (χ4v) is 1.51. The van der Waals surface area contributed by atoms with Crippen LogP contribution in [-0.4, -0.2) is 28.5 Å². The van der Waals surface area contributed by atoms with Gasteiger partial charge in [0.05, 0.1) is 23.7 Å². The molecular weight excluding hydrogens is 241 g/mol. The van der Waals surface area contributed by atoms with E-state index in [0.717, 1.165) is 5.56 Å². The lowest BCUT2D eigenvalue weighted by molar-refractivity contribution is -0.0982. The quantitative estimate of drug-likeness (QED) is 0.776. The molecule has 1 aromatic rings. The lowest BCUT2D eigenvalue weighted by atomic mass is 9.73. The maximum Gasteiger partial charge on any atom is 0.491 e. The van der Waals surface area contributed by atoms with Gasteiger partial charge in [-0.15, -0.1) is 0 Å². The van der Waals surface area contributed by atoms with Crippen molar-refractivity contribution in [3.63, 3.8) is 0 Å². The van der Waals surface area contributed by atoms with Gasteiger partial charge in [-0.1, -0.05) is 24.3 Å². The van der Waals surface area contributed by atoms with E-state index in [2.05, 4.69) is 6.07 Å². The molecule has 0 bridgehead atoms. The molecule has 0 aliphatic heterocycles. The fraction of sp³-hybridized carbons (Fsp3) is 0.500. The first kappa shape index (κ1) is 15.7. The van der Waals surface area contributed by atoms with E-state index in [1.165, 1.54) is 0 Å². The van der Waals surface area contributed by atoms with Crippen LogP contribution >= 0.6 is 0 Å². The van der Waals surface area contributed by atoms with Gasteiger partial charge in [0.1, 0.15) is 0 Å². The van der Waals surface area contributed by atoms with Crippen molar-refractivity contribution in [2.45, 2.75) is 45.3 Å². The highest BCUT2D eigenvalue weighted by atomic mass is 16.5. The van der Waals surface area contributed by atoms with Crippen LogP contribution in [0.3, 0.4) is 0 Å². The standard InChI is InChI=1S/C14H20BNO3/c1-13(2,17)14(3,4)19-15(18)12-8-6-5-7-11(12)9-10-16/h5-8,17-18H,9H2,1-4H3. The summed E-state index contributed by atoms with van der Waals surface area (Å²) in [6, 6.07) is 9.14. The van der Waals surface area contributed by atoms with Gasteiger partial charge in [-0.3, -0.25) is 0 Å². The van der Waals surface area contributed by atoms with Crippen molar-refractivity contribution < 1.29 is 14.8 Å². The van der Waals surface area contributed by atoms with Crippen LogP contribution in [0.5, 0.6) is 0 Å². The van der Waals surface area contributed by atoms with Gasteiger partial charge in [0.2, 0.25) is 0 Å². The number of benzene rings is 1. The Morgan fingerprint density at radius 2 is 1.84 bits per heavy atom. The second-order valence-electron chi connectivity index (χ2n) is 5.57. The number of rotatable bonds is 5. The second kappa shape index (κ2) is 5.75. The highest BCUT2D eigenvalue weighted by molar-refractivity contribution is 6.60. The summed E-state index contributed by atoms with van der Waals surface area (Å²) in [5.74, 6) is 0. The Hall–Kier alpha value is -1.35. The number of nitrogens with zero attached hydrogens (tertiary/aromatic N) is 1. The molecule has 0 atom stereocenters. The van der Waals surface area contributed by atoms with Crippen molar-refractivity contribution in [2.24, 2.45) is 0 Å². The molecule has 0 aromatic heterocycles. The van der Waals surface area contributed by atoms with E-state index in [-0.39, 0.29) is 6.42 Å². The van der Waals surface area contributed by atoms with Gasteiger partial charge in [0.25, 0.3) is 0 Å². The molecule has 1 aromatic carbocycles. The summed E-state index contributed by atoms with van der Waals surface area (Å²) >= 11 is 0. The minimum atomic E-state index is -1.18. The normalized spacial score (nSPS) is 12.1. The largest absolute Gasteiger partial charge is 0.491 e. The molecule has 0 amide bonds. The van der Waals surface area contributed by atoms with Gasteiger partial charge >= 0.3 is 7.12 Å². The molecule has 1 rings (SSSR count). The third-order valence-corrected chi connectivity index (χ3v) is 3.47. The predicted molar refractivity (Wildman–Crippen MR) is 74.8 cm³/mol. The predicted octanol–water partition coefficient (Wildman–Crippen LogP) is 1.01. The van der Waals surface area contributed by atoms with Crippen LogP contribution in [0, 0.1) is 11.3 Å². The Labute approximate surface area is 114 Å². The van der Waals surface area contributed by atoms with E-state index in [1.807, 2.05) is 6.07 Å². The average molecular weight is 261 g/mol. The van der Waals surface area contributed by atoms with Gasteiger partial charge in [0.15, 0.2) is 0 Å². The summed E-state index contributed by atoms with van der Waals surface area (Å²) in [6.45, 7) is 6.67. The molecule has 0 fully saturated rings. The third kappa shape index (κ3) is 3.81. The Morgan fingerprint density at radius 1 is 1.26 bits per heavy atom. The van der Waals surface area contributed by atoms with Crippen molar-refractivity contribution >= 4 is 12.6 Å². The lowest BCUT2D eigenvalue weighted by Gasteiger charge is -2.38. The number of nitriles is 1. The van der Waals surface area contributed by atoms with E-state index >= 15 is 0 Å². The molecule has 5 heteroatoms. The molecule has 0 radical (unpaired) electrons. The number of hydrogen-bond acceptors (Lipinski definition) is 4. The zero-order chi connectivity index (χ0) is 14.7. The summed E-state index contributed by atoms with van der Waals surface area (Å²) in [4.78, 5) is 0. The fourth-order valence-electron chi connectivity index (χ4n) is 1.51. The lowest BCUT2D eigenvalue weighted by Crippen LogP contribution is -2.53. The summed E-state index contributed by atoms with van der Waals surface area (Å²) < 4.78 is 5.57. The molecule has 0 aliphatic rings. The molecule has 0 heterocycles. The van der Waals surface area contributed by atoms with E-state index in [9.17, 15) is 10.1 Å². The minimum Gasteiger partial charge on any atom is -0.423 e. The van der Waals surface area contributed by atoms with Crippen LogP contribution < -0.4 is 5.46 Å². The van der Waals surface area contributed by atoms with Gasteiger partial charge < -0.3 is 14.8 Å². The molecule has 102 valence electrons.